The SMILES string of the molecule is C=CCc1cccc(Cl)c1OCCN1CCOCC1.Cl. The van der Waals surface area contributed by atoms with Crippen molar-refractivity contribution < 1.29 is 9.47 Å². The molecule has 0 aromatic heterocycles. The van der Waals surface area contributed by atoms with Crippen LogP contribution in [0.4, 0.5) is 0 Å². The molecule has 0 radical (unpaired) electrons. The highest BCUT2D eigenvalue weighted by atomic mass is 35.5. The first-order valence-corrected chi connectivity index (χ1v) is 7.00. The van der Waals surface area contributed by atoms with Crippen LogP contribution in [-0.4, -0.2) is 44.4 Å². The third-order valence-corrected chi connectivity index (χ3v) is 3.47. The van der Waals surface area contributed by atoms with Gasteiger partial charge in [-0.25, -0.2) is 0 Å². The van der Waals surface area contributed by atoms with Crippen molar-refractivity contribution in [3.63, 3.8) is 0 Å². The van der Waals surface area contributed by atoms with Crippen molar-refractivity contribution in [3.05, 3.63) is 41.4 Å². The Bertz CT molecular complexity index is 420. The molecule has 0 spiro atoms. The minimum Gasteiger partial charge on any atom is -0.490 e. The third kappa shape index (κ3) is 4.98. The minimum absolute atomic E-state index is 0. The summed E-state index contributed by atoms with van der Waals surface area (Å²) in [6, 6.07) is 5.83. The molecule has 0 saturated carbocycles. The number of benzene rings is 1. The van der Waals surface area contributed by atoms with Gasteiger partial charge in [-0.15, -0.1) is 19.0 Å². The number of para-hydroxylation sites is 1. The van der Waals surface area contributed by atoms with Gasteiger partial charge < -0.3 is 9.47 Å². The van der Waals surface area contributed by atoms with Crippen molar-refractivity contribution >= 4 is 24.0 Å². The second-order valence-corrected chi connectivity index (χ2v) is 4.93. The standard InChI is InChI=1S/C15H20ClNO2.ClH/c1-2-4-13-5-3-6-14(16)15(13)19-12-9-17-7-10-18-11-8-17;/h2-3,5-6H,1,4,7-12H2;1H. The van der Waals surface area contributed by atoms with E-state index >= 15 is 0 Å². The number of rotatable bonds is 6. The lowest BCUT2D eigenvalue weighted by Crippen LogP contribution is -2.38. The van der Waals surface area contributed by atoms with Crippen LogP contribution < -0.4 is 4.74 Å². The van der Waals surface area contributed by atoms with E-state index in [2.05, 4.69) is 11.5 Å². The summed E-state index contributed by atoms with van der Waals surface area (Å²) < 4.78 is 11.2. The molecule has 1 aliphatic rings. The predicted octanol–water partition coefficient (Wildman–Crippen LogP) is 3.20. The summed E-state index contributed by atoms with van der Waals surface area (Å²) >= 11 is 6.19. The summed E-state index contributed by atoms with van der Waals surface area (Å²) in [5.74, 6) is 0.789. The predicted molar refractivity (Wildman–Crippen MR) is 85.4 cm³/mol. The van der Waals surface area contributed by atoms with Gasteiger partial charge in [0.15, 0.2) is 0 Å². The Kier molecular flexibility index (Phi) is 8.00. The van der Waals surface area contributed by atoms with Crippen molar-refractivity contribution in [2.24, 2.45) is 0 Å². The van der Waals surface area contributed by atoms with Gasteiger partial charge in [-0.3, -0.25) is 4.90 Å². The molecule has 1 fully saturated rings. The van der Waals surface area contributed by atoms with Crippen LogP contribution in [0.15, 0.2) is 30.9 Å². The Hall–Kier alpha value is -0.740. The quantitative estimate of drug-likeness (QED) is 0.752. The topological polar surface area (TPSA) is 21.7 Å². The van der Waals surface area contributed by atoms with E-state index < -0.39 is 0 Å². The maximum atomic E-state index is 6.19. The molecule has 1 heterocycles. The number of allylic oxidation sites excluding steroid dienone is 1. The number of nitrogens with zero attached hydrogens (tertiary/aromatic N) is 1. The van der Waals surface area contributed by atoms with Crippen LogP contribution in [0.1, 0.15) is 5.56 Å². The summed E-state index contributed by atoms with van der Waals surface area (Å²) in [5, 5.41) is 0.668. The van der Waals surface area contributed by atoms with Crippen LogP contribution in [0, 0.1) is 0 Å². The highest BCUT2D eigenvalue weighted by Crippen LogP contribution is 2.29. The largest absolute Gasteiger partial charge is 0.490 e. The van der Waals surface area contributed by atoms with Gasteiger partial charge in [0.1, 0.15) is 12.4 Å². The Morgan fingerprint density at radius 2 is 2.10 bits per heavy atom. The number of hydrogen-bond acceptors (Lipinski definition) is 3. The van der Waals surface area contributed by atoms with E-state index in [4.69, 9.17) is 21.1 Å². The van der Waals surface area contributed by atoms with E-state index in [1.165, 1.54) is 0 Å². The van der Waals surface area contributed by atoms with Gasteiger partial charge in [-0.05, 0) is 18.1 Å². The first-order valence-electron chi connectivity index (χ1n) is 6.62. The first kappa shape index (κ1) is 17.3. The lowest BCUT2D eigenvalue weighted by molar-refractivity contribution is 0.0322. The molecule has 1 aliphatic heterocycles. The molecule has 0 aliphatic carbocycles. The second-order valence-electron chi connectivity index (χ2n) is 4.52. The molecule has 1 aromatic carbocycles. The van der Waals surface area contributed by atoms with E-state index in [1.807, 2.05) is 24.3 Å². The molecule has 5 heteroatoms. The summed E-state index contributed by atoms with van der Waals surface area (Å²) in [4.78, 5) is 2.34. The van der Waals surface area contributed by atoms with Crippen LogP contribution >= 0.6 is 24.0 Å². The number of hydrogen-bond donors (Lipinski definition) is 0. The molecule has 20 heavy (non-hydrogen) atoms. The van der Waals surface area contributed by atoms with Crippen LogP contribution in [-0.2, 0) is 11.2 Å². The third-order valence-electron chi connectivity index (χ3n) is 3.17. The zero-order valence-electron chi connectivity index (χ0n) is 11.5. The Labute approximate surface area is 131 Å². The van der Waals surface area contributed by atoms with E-state index in [0.29, 0.717) is 11.6 Å². The molecule has 1 aromatic rings. The van der Waals surface area contributed by atoms with Gasteiger partial charge in [-0.2, -0.15) is 0 Å². The van der Waals surface area contributed by atoms with E-state index in [9.17, 15) is 0 Å². The zero-order chi connectivity index (χ0) is 13.5. The average molecular weight is 318 g/mol. The average Bonchev–Trinajstić information content (AvgIpc) is 2.43. The van der Waals surface area contributed by atoms with Crippen molar-refractivity contribution in [1.82, 2.24) is 4.90 Å². The van der Waals surface area contributed by atoms with Crippen molar-refractivity contribution in [1.29, 1.82) is 0 Å². The lowest BCUT2D eigenvalue weighted by Gasteiger charge is -2.26. The molecular formula is C15H21Cl2NO2. The van der Waals surface area contributed by atoms with Gasteiger partial charge in [0.25, 0.3) is 0 Å². The number of halogens is 2. The highest BCUT2D eigenvalue weighted by Gasteiger charge is 2.11. The molecule has 0 N–H and O–H groups in total. The molecule has 112 valence electrons. The van der Waals surface area contributed by atoms with Gasteiger partial charge in [0, 0.05) is 19.6 Å². The Morgan fingerprint density at radius 3 is 2.80 bits per heavy atom. The maximum absolute atomic E-state index is 6.19. The van der Waals surface area contributed by atoms with Crippen molar-refractivity contribution in [2.75, 3.05) is 39.5 Å². The van der Waals surface area contributed by atoms with Gasteiger partial charge in [0.05, 0.1) is 18.2 Å². The number of ether oxygens (including phenoxy) is 2. The Balaban J connectivity index is 0.00000200. The molecule has 0 unspecified atom stereocenters. The fourth-order valence-corrected chi connectivity index (χ4v) is 2.38. The maximum Gasteiger partial charge on any atom is 0.141 e. The smallest absolute Gasteiger partial charge is 0.141 e. The van der Waals surface area contributed by atoms with E-state index in [-0.39, 0.29) is 12.4 Å². The van der Waals surface area contributed by atoms with Crippen LogP contribution in [0.2, 0.25) is 5.02 Å². The fraction of sp³-hybridized carbons (Fsp3) is 0.467. The number of morpholine rings is 1. The van der Waals surface area contributed by atoms with E-state index in [0.717, 1.165) is 50.6 Å². The Morgan fingerprint density at radius 1 is 1.35 bits per heavy atom. The molecule has 1 saturated heterocycles. The molecule has 0 amide bonds. The van der Waals surface area contributed by atoms with Gasteiger partial charge >= 0.3 is 0 Å². The molecule has 2 rings (SSSR count). The molecule has 0 bridgehead atoms. The van der Waals surface area contributed by atoms with Gasteiger partial charge in [0.2, 0.25) is 0 Å². The van der Waals surface area contributed by atoms with Crippen LogP contribution in [0.3, 0.4) is 0 Å². The summed E-state index contributed by atoms with van der Waals surface area (Å²) in [6.45, 7) is 8.89. The highest BCUT2D eigenvalue weighted by molar-refractivity contribution is 6.32. The summed E-state index contributed by atoms with van der Waals surface area (Å²) in [5.41, 5.74) is 1.09. The lowest BCUT2D eigenvalue weighted by atomic mass is 10.1. The molecule has 3 nitrogen and oxygen atoms in total. The van der Waals surface area contributed by atoms with Crippen LogP contribution in [0.25, 0.3) is 0 Å². The first-order chi connectivity index (χ1) is 9.31. The summed E-state index contributed by atoms with van der Waals surface area (Å²) in [6.07, 6.45) is 2.63. The second kappa shape index (κ2) is 9.24. The summed E-state index contributed by atoms with van der Waals surface area (Å²) in [7, 11) is 0. The van der Waals surface area contributed by atoms with Gasteiger partial charge in [-0.1, -0.05) is 29.8 Å². The van der Waals surface area contributed by atoms with Crippen molar-refractivity contribution in [2.45, 2.75) is 6.42 Å². The monoisotopic (exact) mass is 317 g/mol. The normalized spacial score (nSPS) is 15.4. The van der Waals surface area contributed by atoms with Crippen LogP contribution in [0.5, 0.6) is 5.75 Å². The van der Waals surface area contributed by atoms with E-state index in [1.54, 1.807) is 0 Å². The molecular weight excluding hydrogens is 297 g/mol. The van der Waals surface area contributed by atoms with Crippen molar-refractivity contribution in [3.8, 4) is 5.75 Å². The minimum atomic E-state index is 0. The molecule has 0 atom stereocenters. The zero-order valence-corrected chi connectivity index (χ0v) is 13.1. The fourth-order valence-electron chi connectivity index (χ4n) is 2.13.